The van der Waals surface area contributed by atoms with E-state index in [4.69, 9.17) is 27.1 Å². The second-order valence-corrected chi connectivity index (χ2v) is 10.6. The molecule has 1 aliphatic carbocycles. The molecule has 2 aliphatic rings. The molecule has 4 heterocycles. The summed E-state index contributed by atoms with van der Waals surface area (Å²) in [6.45, 7) is 3.24. The number of rotatable bonds is 5. The van der Waals surface area contributed by atoms with E-state index < -0.39 is 0 Å². The first-order valence-electron chi connectivity index (χ1n) is 13.1. The molecule has 0 unspecified atom stereocenters. The van der Waals surface area contributed by atoms with Gasteiger partial charge in [0.1, 0.15) is 5.65 Å². The number of pyridine rings is 1. The molecule has 196 valence electrons. The second kappa shape index (κ2) is 10.4. The number of benzene rings is 1. The molecule has 3 aromatic heterocycles. The van der Waals surface area contributed by atoms with Crippen molar-refractivity contribution < 1.29 is 4.74 Å². The predicted molar refractivity (Wildman–Crippen MR) is 148 cm³/mol. The summed E-state index contributed by atoms with van der Waals surface area (Å²) in [5, 5.41) is 4.61. The maximum absolute atomic E-state index is 14.1. The Morgan fingerprint density at radius 3 is 2.63 bits per heavy atom. The van der Waals surface area contributed by atoms with Crippen LogP contribution < -0.4 is 16.6 Å². The van der Waals surface area contributed by atoms with E-state index in [-0.39, 0.29) is 23.7 Å². The van der Waals surface area contributed by atoms with Crippen LogP contribution in [0.2, 0.25) is 5.02 Å². The number of aryl methyl sites for hydroxylation is 1. The van der Waals surface area contributed by atoms with Crippen molar-refractivity contribution in [3.8, 4) is 22.4 Å². The highest BCUT2D eigenvalue weighted by molar-refractivity contribution is 6.33. The van der Waals surface area contributed by atoms with Gasteiger partial charge in [0.2, 0.25) is 5.95 Å². The van der Waals surface area contributed by atoms with Gasteiger partial charge in [0.25, 0.3) is 5.56 Å². The lowest BCUT2D eigenvalue weighted by Crippen LogP contribution is -2.33. The van der Waals surface area contributed by atoms with Crippen molar-refractivity contribution in [3.05, 3.63) is 63.9 Å². The summed E-state index contributed by atoms with van der Waals surface area (Å²) in [6.07, 6.45) is 9.46. The lowest BCUT2D eigenvalue weighted by atomic mass is 9.91. The lowest BCUT2D eigenvalue weighted by molar-refractivity contribution is 0.195. The maximum Gasteiger partial charge on any atom is 0.260 e. The van der Waals surface area contributed by atoms with Crippen LogP contribution in [-0.2, 0) is 4.74 Å². The van der Waals surface area contributed by atoms with Gasteiger partial charge in [-0.25, -0.2) is 9.97 Å². The Balaban J connectivity index is 1.46. The Kier molecular flexibility index (Phi) is 6.82. The summed E-state index contributed by atoms with van der Waals surface area (Å²) >= 11 is 6.79. The second-order valence-electron chi connectivity index (χ2n) is 10.2. The number of nitrogens with two attached hydrogens (primary N) is 1. The fraction of sp³-hybridized carbons (Fsp3) is 0.393. The number of hydrogen-bond acceptors (Lipinski definition) is 8. The number of aromatic nitrogens is 5. The van der Waals surface area contributed by atoms with E-state index in [1.807, 2.05) is 35.8 Å². The van der Waals surface area contributed by atoms with Crippen LogP contribution >= 0.6 is 11.6 Å². The lowest BCUT2D eigenvalue weighted by Gasteiger charge is -2.29. The molecule has 0 bridgehead atoms. The molecular formula is C28H30ClN7O2. The Morgan fingerprint density at radius 1 is 1.05 bits per heavy atom. The molecule has 2 fully saturated rings. The van der Waals surface area contributed by atoms with E-state index in [0.29, 0.717) is 34.4 Å². The molecule has 6 rings (SSSR count). The Morgan fingerprint density at radius 2 is 1.89 bits per heavy atom. The van der Waals surface area contributed by atoms with Gasteiger partial charge in [-0.05, 0) is 51.2 Å². The molecule has 0 radical (unpaired) electrons. The zero-order chi connectivity index (χ0) is 26.2. The van der Waals surface area contributed by atoms with Gasteiger partial charge in [0, 0.05) is 58.2 Å². The topological polar surface area (TPSA) is 121 Å². The smallest absolute Gasteiger partial charge is 0.260 e. The summed E-state index contributed by atoms with van der Waals surface area (Å²) in [5.41, 5.74) is 10.3. The molecule has 1 aromatic carbocycles. The van der Waals surface area contributed by atoms with Crippen LogP contribution in [0.5, 0.6) is 0 Å². The van der Waals surface area contributed by atoms with Gasteiger partial charge in [0.05, 0.1) is 30.2 Å². The molecule has 1 saturated carbocycles. The van der Waals surface area contributed by atoms with Crippen LogP contribution in [0.1, 0.15) is 43.8 Å². The number of halogens is 1. The summed E-state index contributed by atoms with van der Waals surface area (Å²) in [4.78, 5) is 32.3. The van der Waals surface area contributed by atoms with Crippen molar-refractivity contribution in [2.24, 2.45) is 5.73 Å². The number of nitrogens with zero attached hydrogens (tertiary/aromatic N) is 5. The van der Waals surface area contributed by atoms with Crippen LogP contribution in [0.4, 0.5) is 5.95 Å². The number of ether oxygens (including phenoxy) is 1. The fourth-order valence-corrected chi connectivity index (χ4v) is 5.69. The molecule has 0 spiro atoms. The van der Waals surface area contributed by atoms with Crippen molar-refractivity contribution in [1.82, 2.24) is 24.5 Å². The predicted octanol–water partition coefficient (Wildman–Crippen LogP) is 4.52. The average Bonchev–Trinajstić information content (AvgIpc) is 3.42. The van der Waals surface area contributed by atoms with Gasteiger partial charge in [-0.2, -0.15) is 4.98 Å². The van der Waals surface area contributed by atoms with Gasteiger partial charge in [-0.15, -0.1) is 0 Å². The molecular weight excluding hydrogens is 502 g/mol. The van der Waals surface area contributed by atoms with Crippen LogP contribution in [-0.4, -0.2) is 49.8 Å². The normalized spacial score (nSPS) is 21.6. The first kappa shape index (κ1) is 24.9. The number of nitrogens with one attached hydrogen (secondary N) is 1. The number of anilines is 1. The molecule has 4 aromatic rings. The van der Waals surface area contributed by atoms with E-state index in [1.54, 1.807) is 18.6 Å². The first-order chi connectivity index (χ1) is 18.5. The van der Waals surface area contributed by atoms with Gasteiger partial charge in [0.15, 0.2) is 0 Å². The first-order valence-corrected chi connectivity index (χ1v) is 13.4. The largest absolute Gasteiger partial charge is 0.379 e. The van der Waals surface area contributed by atoms with Crippen molar-refractivity contribution >= 4 is 28.6 Å². The Bertz CT molecular complexity index is 1540. The average molecular weight is 532 g/mol. The third-order valence-electron chi connectivity index (χ3n) is 7.45. The SMILES string of the molecule is Cc1cncc(-c2ccc(-c3cc4cnc(N[C@H]5CCOC5)nc4n([C@H]4CC[C@@H](N)CC4)c3=O)c(Cl)c2)n1. The molecule has 1 aliphatic heterocycles. The molecule has 0 amide bonds. The minimum Gasteiger partial charge on any atom is -0.379 e. The van der Waals surface area contributed by atoms with Gasteiger partial charge in [-0.3, -0.25) is 14.3 Å². The summed E-state index contributed by atoms with van der Waals surface area (Å²) in [5.74, 6) is 0.503. The summed E-state index contributed by atoms with van der Waals surface area (Å²) < 4.78 is 7.32. The highest BCUT2D eigenvalue weighted by atomic mass is 35.5. The third kappa shape index (κ3) is 4.89. The van der Waals surface area contributed by atoms with E-state index in [0.717, 1.165) is 61.0 Å². The minimum absolute atomic E-state index is 0.00271. The van der Waals surface area contributed by atoms with Crippen LogP contribution in [0, 0.1) is 6.92 Å². The quantitative estimate of drug-likeness (QED) is 0.385. The van der Waals surface area contributed by atoms with E-state index >= 15 is 0 Å². The molecule has 10 heteroatoms. The highest BCUT2D eigenvalue weighted by Gasteiger charge is 2.26. The minimum atomic E-state index is -0.114. The van der Waals surface area contributed by atoms with Crippen LogP contribution in [0.15, 0.2) is 47.7 Å². The molecule has 38 heavy (non-hydrogen) atoms. The summed E-state index contributed by atoms with van der Waals surface area (Å²) in [7, 11) is 0. The summed E-state index contributed by atoms with van der Waals surface area (Å²) in [6, 6.07) is 7.81. The van der Waals surface area contributed by atoms with E-state index in [1.165, 1.54) is 0 Å². The molecule has 1 atom stereocenters. The highest BCUT2D eigenvalue weighted by Crippen LogP contribution is 2.34. The van der Waals surface area contributed by atoms with E-state index in [2.05, 4.69) is 20.3 Å². The monoisotopic (exact) mass is 531 g/mol. The van der Waals surface area contributed by atoms with Crippen molar-refractivity contribution in [2.75, 3.05) is 18.5 Å². The Hall–Kier alpha value is -3.40. The Labute approximate surface area is 225 Å². The fourth-order valence-electron chi connectivity index (χ4n) is 5.41. The van der Waals surface area contributed by atoms with E-state index in [9.17, 15) is 4.79 Å². The number of fused-ring (bicyclic) bond motifs is 1. The molecule has 1 saturated heterocycles. The molecule has 9 nitrogen and oxygen atoms in total. The van der Waals surface area contributed by atoms with Crippen LogP contribution in [0.3, 0.4) is 0 Å². The van der Waals surface area contributed by atoms with Crippen LogP contribution in [0.25, 0.3) is 33.4 Å². The third-order valence-corrected chi connectivity index (χ3v) is 7.77. The van der Waals surface area contributed by atoms with Gasteiger partial charge in [-0.1, -0.05) is 23.7 Å². The standard InChI is InChI=1S/C28H30ClN7O2/c1-16-12-31-14-25(33-16)17-2-7-22(24(29)11-17)23-10-18-13-32-28(34-20-8-9-38-15-20)35-26(18)36(27(23)37)21-5-3-19(30)4-6-21/h2,7,10-14,19-21H,3-6,8-9,15,30H2,1H3,(H,32,34,35)/t19-,20-,21+/m0/s1. The zero-order valence-corrected chi connectivity index (χ0v) is 22.0. The molecule has 3 N–H and O–H groups in total. The van der Waals surface area contributed by atoms with Crippen molar-refractivity contribution in [2.45, 2.75) is 57.2 Å². The number of hydrogen-bond donors (Lipinski definition) is 2. The van der Waals surface area contributed by atoms with Gasteiger partial charge < -0.3 is 15.8 Å². The maximum atomic E-state index is 14.1. The zero-order valence-electron chi connectivity index (χ0n) is 21.2. The van der Waals surface area contributed by atoms with Gasteiger partial charge >= 0.3 is 0 Å². The van der Waals surface area contributed by atoms with Crippen molar-refractivity contribution in [3.63, 3.8) is 0 Å². The van der Waals surface area contributed by atoms with Crippen molar-refractivity contribution in [1.29, 1.82) is 0 Å².